The van der Waals surface area contributed by atoms with Crippen LogP contribution in [0.2, 0.25) is 0 Å². The fourth-order valence-electron chi connectivity index (χ4n) is 1.26. The SMILES string of the molecule is Cc1nnc(NC(C)c2cccnc2)s1. The fourth-order valence-corrected chi connectivity index (χ4v) is 1.93. The van der Waals surface area contributed by atoms with Crippen LogP contribution < -0.4 is 5.32 Å². The van der Waals surface area contributed by atoms with E-state index in [1.807, 2.05) is 25.3 Å². The van der Waals surface area contributed by atoms with Crippen molar-refractivity contribution in [3.63, 3.8) is 0 Å². The highest BCUT2D eigenvalue weighted by molar-refractivity contribution is 7.15. The average Bonchev–Trinajstić information content (AvgIpc) is 2.65. The summed E-state index contributed by atoms with van der Waals surface area (Å²) in [6, 6.07) is 4.17. The van der Waals surface area contributed by atoms with Gasteiger partial charge < -0.3 is 5.32 Å². The molecule has 5 heteroatoms. The maximum Gasteiger partial charge on any atom is 0.206 e. The Morgan fingerprint density at radius 1 is 1.40 bits per heavy atom. The number of anilines is 1. The van der Waals surface area contributed by atoms with E-state index < -0.39 is 0 Å². The van der Waals surface area contributed by atoms with E-state index in [-0.39, 0.29) is 6.04 Å². The number of nitrogens with one attached hydrogen (secondary N) is 1. The molecule has 0 radical (unpaired) electrons. The first-order valence-corrected chi connectivity index (χ1v) is 5.54. The molecule has 2 aromatic rings. The van der Waals surface area contributed by atoms with Crippen molar-refractivity contribution >= 4 is 16.5 Å². The molecule has 1 unspecified atom stereocenters. The summed E-state index contributed by atoms with van der Waals surface area (Å²) in [7, 11) is 0. The number of hydrogen-bond acceptors (Lipinski definition) is 5. The quantitative estimate of drug-likeness (QED) is 0.863. The average molecular weight is 220 g/mol. The minimum absolute atomic E-state index is 0.200. The van der Waals surface area contributed by atoms with Gasteiger partial charge in [0, 0.05) is 12.4 Å². The number of pyridine rings is 1. The van der Waals surface area contributed by atoms with Gasteiger partial charge >= 0.3 is 0 Å². The van der Waals surface area contributed by atoms with Gasteiger partial charge in [-0.15, -0.1) is 10.2 Å². The van der Waals surface area contributed by atoms with E-state index in [2.05, 4.69) is 27.4 Å². The van der Waals surface area contributed by atoms with Gasteiger partial charge in [-0.05, 0) is 25.5 Å². The van der Waals surface area contributed by atoms with Gasteiger partial charge in [0.15, 0.2) is 0 Å². The van der Waals surface area contributed by atoms with Crippen LogP contribution >= 0.6 is 11.3 Å². The van der Waals surface area contributed by atoms with Crippen LogP contribution in [0, 0.1) is 6.92 Å². The highest BCUT2D eigenvalue weighted by atomic mass is 32.1. The first-order chi connectivity index (χ1) is 7.25. The minimum Gasteiger partial charge on any atom is -0.354 e. The summed E-state index contributed by atoms with van der Waals surface area (Å²) in [4.78, 5) is 4.08. The topological polar surface area (TPSA) is 50.7 Å². The van der Waals surface area contributed by atoms with Crippen molar-refractivity contribution in [1.29, 1.82) is 0 Å². The van der Waals surface area contributed by atoms with Crippen LogP contribution in [-0.4, -0.2) is 15.2 Å². The fraction of sp³-hybridized carbons (Fsp3) is 0.300. The molecule has 0 saturated heterocycles. The zero-order chi connectivity index (χ0) is 10.7. The normalized spacial score (nSPS) is 12.4. The van der Waals surface area contributed by atoms with E-state index in [0.29, 0.717) is 0 Å². The molecule has 4 nitrogen and oxygen atoms in total. The van der Waals surface area contributed by atoms with E-state index in [1.54, 1.807) is 17.5 Å². The van der Waals surface area contributed by atoms with Gasteiger partial charge in [0.1, 0.15) is 5.01 Å². The summed E-state index contributed by atoms with van der Waals surface area (Å²) in [5, 5.41) is 13.1. The summed E-state index contributed by atoms with van der Waals surface area (Å²) in [6.07, 6.45) is 3.62. The molecule has 78 valence electrons. The van der Waals surface area contributed by atoms with Crippen molar-refractivity contribution in [3.8, 4) is 0 Å². The van der Waals surface area contributed by atoms with E-state index in [0.717, 1.165) is 15.7 Å². The molecule has 1 N–H and O–H groups in total. The summed E-state index contributed by atoms with van der Waals surface area (Å²) in [6.45, 7) is 4.02. The third-order valence-corrected chi connectivity index (χ3v) is 2.82. The lowest BCUT2D eigenvalue weighted by molar-refractivity contribution is 0.864. The van der Waals surface area contributed by atoms with Gasteiger partial charge in [-0.1, -0.05) is 17.4 Å². The third-order valence-electron chi connectivity index (χ3n) is 2.05. The number of nitrogens with zero attached hydrogens (tertiary/aromatic N) is 3. The highest BCUT2D eigenvalue weighted by Crippen LogP contribution is 2.20. The highest BCUT2D eigenvalue weighted by Gasteiger charge is 2.07. The van der Waals surface area contributed by atoms with Gasteiger partial charge in [0.05, 0.1) is 6.04 Å². The molecule has 0 fully saturated rings. The van der Waals surface area contributed by atoms with E-state index in [9.17, 15) is 0 Å². The van der Waals surface area contributed by atoms with Crippen LogP contribution in [-0.2, 0) is 0 Å². The summed E-state index contributed by atoms with van der Waals surface area (Å²) in [5.41, 5.74) is 1.14. The van der Waals surface area contributed by atoms with Gasteiger partial charge in [-0.3, -0.25) is 4.98 Å². The second-order valence-corrected chi connectivity index (χ2v) is 4.46. The van der Waals surface area contributed by atoms with Crippen LogP contribution in [0.3, 0.4) is 0 Å². The first-order valence-electron chi connectivity index (χ1n) is 4.72. The summed E-state index contributed by atoms with van der Waals surface area (Å²) >= 11 is 1.56. The summed E-state index contributed by atoms with van der Waals surface area (Å²) < 4.78 is 0. The maximum atomic E-state index is 4.08. The van der Waals surface area contributed by atoms with Gasteiger partial charge in [0.25, 0.3) is 0 Å². The van der Waals surface area contributed by atoms with Crippen LogP contribution in [0.5, 0.6) is 0 Å². The number of hydrogen-bond donors (Lipinski definition) is 1. The molecule has 0 aromatic carbocycles. The molecule has 0 bridgehead atoms. The molecule has 2 heterocycles. The van der Waals surface area contributed by atoms with Gasteiger partial charge in [-0.2, -0.15) is 0 Å². The Morgan fingerprint density at radius 3 is 2.87 bits per heavy atom. The number of aromatic nitrogens is 3. The Balaban J connectivity index is 2.07. The second kappa shape index (κ2) is 4.35. The number of aryl methyl sites for hydroxylation is 1. The van der Waals surface area contributed by atoms with Gasteiger partial charge in [0.2, 0.25) is 5.13 Å². The second-order valence-electron chi connectivity index (χ2n) is 3.28. The monoisotopic (exact) mass is 220 g/mol. The lowest BCUT2D eigenvalue weighted by Gasteiger charge is -2.11. The molecular weight excluding hydrogens is 208 g/mol. The van der Waals surface area contributed by atoms with Crippen molar-refractivity contribution in [2.24, 2.45) is 0 Å². The molecule has 0 aliphatic heterocycles. The molecular formula is C10H12N4S. The van der Waals surface area contributed by atoms with Crippen LogP contribution in [0.4, 0.5) is 5.13 Å². The molecule has 1 atom stereocenters. The van der Waals surface area contributed by atoms with Crippen LogP contribution in [0.15, 0.2) is 24.5 Å². The Morgan fingerprint density at radius 2 is 2.27 bits per heavy atom. The standard InChI is InChI=1S/C10H12N4S/c1-7(9-4-3-5-11-6-9)12-10-14-13-8(2)15-10/h3-7H,1-2H3,(H,12,14). The Labute approximate surface area is 92.4 Å². The molecule has 2 rings (SSSR count). The van der Waals surface area contributed by atoms with E-state index in [4.69, 9.17) is 0 Å². The maximum absolute atomic E-state index is 4.08. The Hall–Kier alpha value is -1.49. The molecule has 0 saturated carbocycles. The lowest BCUT2D eigenvalue weighted by Crippen LogP contribution is -2.06. The van der Waals surface area contributed by atoms with Crippen molar-refractivity contribution in [3.05, 3.63) is 35.1 Å². The molecule has 2 aromatic heterocycles. The Bertz CT molecular complexity index is 426. The predicted molar refractivity (Wildman–Crippen MR) is 60.9 cm³/mol. The largest absolute Gasteiger partial charge is 0.354 e. The lowest BCUT2D eigenvalue weighted by atomic mass is 10.1. The zero-order valence-corrected chi connectivity index (χ0v) is 9.45. The Kier molecular flexibility index (Phi) is 2.91. The van der Waals surface area contributed by atoms with Gasteiger partial charge in [-0.25, -0.2) is 0 Å². The van der Waals surface area contributed by atoms with Crippen molar-refractivity contribution in [2.75, 3.05) is 5.32 Å². The van der Waals surface area contributed by atoms with Crippen molar-refractivity contribution in [1.82, 2.24) is 15.2 Å². The number of rotatable bonds is 3. The molecule has 0 spiro atoms. The van der Waals surface area contributed by atoms with Crippen LogP contribution in [0.25, 0.3) is 0 Å². The third kappa shape index (κ3) is 2.50. The molecule has 0 aliphatic carbocycles. The predicted octanol–water partition coefficient (Wildman–Crippen LogP) is 2.41. The molecule has 0 aliphatic rings. The first kappa shape index (κ1) is 10.0. The van der Waals surface area contributed by atoms with Crippen LogP contribution in [0.1, 0.15) is 23.5 Å². The smallest absolute Gasteiger partial charge is 0.206 e. The van der Waals surface area contributed by atoms with E-state index >= 15 is 0 Å². The van der Waals surface area contributed by atoms with Crippen molar-refractivity contribution < 1.29 is 0 Å². The molecule has 0 amide bonds. The van der Waals surface area contributed by atoms with E-state index in [1.165, 1.54) is 0 Å². The zero-order valence-electron chi connectivity index (χ0n) is 8.64. The molecule has 15 heavy (non-hydrogen) atoms. The van der Waals surface area contributed by atoms with Crippen molar-refractivity contribution in [2.45, 2.75) is 19.9 Å². The minimum atomic E-state index is 0.200. The summed E-state index contributed by atoms with van der Waals surface area (Å²) in [5.74, 6) is 0.